The molecule has 2 heterocycles. The van der Waals surface area contributed by atoms with Gasteiger partial charge in [-0.3, -0.25) is 14.3 Å². The van der Waals surface area contributed by atoms with Crippen molar-refractivity contribution in [3.05, 3.63) is 80.8 Å². The highest BCUT2D eigenvalue weighted by Gasteiger charge is 2.19. The van der Waals surface area contributed by atoms with E-state index in [1.54, 1.807) is 13.1 Å². The molecular weight excluding hydrogens is 432 g/mol. The molecule has 4 rings (SSSR count). The highest BCUT2D eigenvalue weighted by molar-refractivity contribution is 7.20. The number of rotatable bonds is 5. The number of nitrogens with zero attached hydrogens (tertiary/aromatic N) is 2. The minimum atomic E-state index is -0.255. The largest absolute Gasteiger partial charge is 0.355 e. The van der Waals surface area contributed by atoms with Gasteiger partial charge in [-0.15, -0.1) is 11.3 Å². The zero-order valence-electron chi connectivity index (χ0n) is 17.3. The minimum Gasteiger partial charge on any atom is -0.355 e. The van der Waals surface area contributed by atoms with Crippen molar-refractivity contribution in [3.8, 4) is 0 Å². The SMILES string of the molecule is CNC(=O)c1c(C)cccc1NC(=O)c1cc2c(C)nn(Cc3ccc(Cl)cc3)c2s1. The van der Waals surface area contributed by atoms with Crippen LogP contribution < -0.4 is 10.6 Å². The average molecular weight is 453 g/mol. The van der Waals surface area contributed by atoms with Gasteiger partial charge in [-0.2, -0.15) is 5.10 Å². The van der Waals surface area contributed by atoms with Gasteiger partial charge in [0.05, 0.1) is 28.4 Å². The van der Waals surface area contributed by atoms with E-state index in [0.717, 1.165) is 27.0 Å². The van der Waals surface area contributed by atoms with Gasteiger partial charge in [0.15, 0.2) is 0 Å². The monoisotopic (exact) mass is 452 g/mol. The van der Waals surface area contributed by atoms with Crippen molar-refractivity contribution < 1.29 is 9.59 Å². The molecule has 0 aliphatic rings. The number of thiophene rings is 1. The number of anilines is 1. The van der Waals surface area contributed by atoms with Crippen molar-refractivity contribution in [2.45, 2.75) is 20.4 Å². The van der Waals surface area contributed by atoms with E-state index in [1.807, 2.05) is 61.0 Å². The van der Waals surface area contributed by atoms with Crippen LogP contribution in [0.3, 0.4) is 0 Å². The number of benzene rings is 2. The van der Waals surface area contributed by atoms with Crippen LogP contribution in [0.25, 0.3) is 10.2 Å². The minimum absolute atomic E-state index is 0.237. The first-order chi connectivity index (χ1) is 14.9. The first-order valence-corrected chi connectivity index (χ1v) is 10.9. The van der Waals surface area contributed by atoms with Gasteiger partial charge < -0.3 is 10.6 Å². The predicted molar refractivity (Wildman–Crippen MR) is 125 cm³/mol. The third-order valence-electron chi connectivity index (χ3n) is 5.05. The summed E-state index contributed by atoms with van der Waals surface area (Å²) in [6.45, 7) is 4.36. The maximum Gasteiger partial charge on any atom is 0.265 e. The third kappa shape index (κ3) is 4.19. The molecule has 158 valence electrons. The number of carbonyl (C=O) groups is 2. The number of halogens is 1. The molecule has 0 atom stereocenters. The lowest BCUT2D eigenvalue weighted by atomic mass is 10.1. The fourth-order valence-electron chi connectivity index (χ4n) is 3.48. The van der Waals surface area contributed by atoms with Gasteiger partial charge in [0, 0.05) is 17.5 Å². The molecule has 0 saturated heterocycles. The van der Waals surface area contributed by atoms with E-state index in [1.165, 1.54) is 11.3 Å². The smallest absolute Gasteiger partial charge is 0.265 e. The summed E-state index contributed by atoms with van der Waals surface area (Å²) >= 11 is 7.36. The summed E-state index contributed by atoms with van der Waals surface area (Å²) in [7, 11) is 1.57. The maximum absolute atomic E-state index is 13.0. The summed E-state index contributed by atoms with van der Waals surface area (Å²) < 4.78 is 1.90. The van der Waals surface area contributed by atoms with Crippen molar-refractivity contribution in [1.29, 1.82) is 0 Å². The van der Waals surface area contributed by atoms with E-state index in [-0.39, 0.29) is 11.8 Å². The molecule has 8 heteroatoms. The van der Waals surface area contributed by atoms with E-state index >= 15 is 0 Å². The summed E-state index contributed by atoms with van der Waals surface area (Å²) in [4.78, 5) is 26.8. The van der Waals surface area contributed by atoms with E-state index < -0.39 is 0 Å². The summed E-state index contributed by atoms with van der Waals surface area (Å²) in [5, 5.41) is 11.8. The molecule has 4 aromatic rings. The van der Waals surface area contributed by atoms with Crippen LogP contribution in [-0.4, -0.2) is 28.6 Å². The zero-order valence-corrected chi connectivity index (χ0v) is 18.9. The van der Waals surface area contributed by atoms with Crippen molar-refractivity contribution in [3.63, 3.8) is 0 Å². The average Bonchev–Trinajstić information content (AvgIpc) is 3.31. The fraction of sp³-hybridized carbons (Fsp3) is 0.174. The second kappa shape index (κ2) is 8.53. The first-order valence-electron chi connectivity index (χ1n) is 9.72. The topological polar surface area (TPSA) is 76.0 Å². The highest BCUT2D eigenvalue weighted by atomic mass is 35.5. The molecule has 0 unspecified atom stereocenters. The molecule has 0 aliphatic carbocycles. The van der Waals surface area contributed by atoms with Crippen LogP contribution >= 0.6 is 22.9 Å². The molecule has 0 fully saturated rings. The zero-order chi connectivity index (χ0) is 22.1. The van der Waals surface area contributed by atoms with Gasteiger partial charge >= 0.3 is 0 Å². The van der Waals surface area contributed by atoms with Crippen molar-refractivity contribution in [2.75, 3.05) is 12.4 Å². The summed E-state index contributed by atoms with van der Waals surface area (Å²) in [5.74, 6) is -0.492. The summed E-state index contributed by atoms with van der Waals surface area (Å²) in [5.41, 5.74) is 3.68. The van der Waals surface area contributed by atoms with E-state index in [2.05, 4.69) is 15.7 Å². The van der Waals surface area contributed by atoms with Gasteiger partial charge in [0.1, 0.15) is 4.83 Å². The van der Waals surface area contributed by atoms with Crippen molar-refractivity contribution in [2.24, 2.45) is 0 Å². The Kier molecular flexibility index (Phi) is 5.80. The van der Waals surface area contributed by atoms with Crippen LogP contribution in [0.2, 0.25) is 5.02 Å². The van der Waals surface area contributed by atoms with Crippen LogP contribution in [0.4, 0.5) is 5.69 Å². The normalized spacial score (nSPS) is 11.0. The molecule has 0 radical (unpaired) electrons. The number of hydrogen-bond donors (Lipinski definition) is 2. The lowest BCUT2D eigenvalue weighted by molar-refractivity contribution is 0.0963. The van der Waals surface area contributed by atoms with Crippen LogP contribution in [0, 0.1) is 13.8 Å². The molecule has 2 aromatic carbocycles. The molecule has 2 amide bonds. The molecule has 2 N–H and O–H groups in total. The lowest BCUT2D eigenvalue weighted by Gasteiger charge is -2.12. The second-order valence-electron chi connectivity index (χ2n) is 7.23. The van der Waals surface area contributed by atoms with Crippen LogP contribution in [0.15, 0.2) is 48.5 Å². The Balaban J connectivity index is 1.64. The highest BCUT2D eigenvalue weighted by Crippen LogP contribution is 2.30. The Morgan fingerprint density at radius 3 is 2.55 bits per heavy atom. The Morgan fingerprint density at radius 1 is 1.10 bits per heavy atom. The van der Waals surface area contributed by atoms with Gasteiger partial charge in [0.2, 0.25) is 0 Å². The number of hydrogen-bond acceptors (Lipinski definition) is 4. The molecule has 0 aliphatic heterocycles. The molecule has 0 saturated carbocycles. The number of fused-ring (bicyclic) bond motifs is 1. The number of amides is 2. The maximum atomic E-state index is 13.0. The fourth-order valence-corrected chi connectivity index (χ4v) is 4.66. The van der Waals surface area contributed by atoms with Gasteiger partial charge in [-0.05, 0) is 49.2 Å². The van der Waals surface area contributed by atoms with Crippen LogP contribution in [-0.2, 0) is 6.54 Å². The Hall–Kier alpha value is -3.16. The van der Waals surface area contributed by atoms with Crippen molar-refractivity contribution in [1.82, 2.24) is 15.1 Å². The molecule has 6 nitrogen and oxygen atoms in total. The van der Waals surface area contributed by atoms with Crippen LogP contribution in [0.1, 0.15) is 36.9 Å². The van der Waals surface area contributed by atoms with Crippen molar-refractivity contribution >= 4 is 50.7 Å². The quantitative estimate of drug-likeness (QED) is 0.446. The van der Waals surface area contributed by atoms with Crippen LogP contribution in [0.5, 0.6) is 0 Å². The Labute approximate surface area is 188 Å². The third-order valence-corrected chi connectivity index (χ3v) is 6.45. The van der Waals surface area contributed by atoms with Gasteiger partial charge in [-0.25, -0.2) is 0 Å². The van der Waals surface area contributed by atoms with Gasteiger partial charge in [0.25, 0.3) is 11.8 Å². The second-order valence-corrected chi connectivity index (χ2v) is 8.70. The summed E-state index contributed by atoms with van der Waals surface area (Å²) in [6.07, 6.45) is 0. The number of aryl methyl sites for hydroxylation is 2. The molecule has 2 aromatic heterocycles. The summed E-state index contributed by atoms with van der Waals surface area (Å²) in [6, 6.07) is 14.9. The van der Waals surface area contributed by atoms with Gasteiger partial charge in [-0.1, -0.05) is 35.9 Å². The lowest BCUT2D eigenvalue weighted by Crippen LogP contribution is -2.22. The number of nitrogens with one attached hydrogen (secondary N) is 2. The molecule has 31 heavy (non-hydrogen) atoms. The van der Waals surface area contributed by atoms with E-state index in [9.17, 15) is 9.59 Å². The molecule has 0 spiro atoms. The Morgan fingerprint density at radius 2 is 1.84 bits per heavy atom. The predicted octanol–water partition coefficient (Wildman–Crippen LogP) is 5.03. The van der Waals surface area contributed by atoms with E-state index in [0.29, 0.717) is 27.7 Å². The van der Waals surface area contributed by atoms with E-state index in [4.69, 9.17) is 11.6 Å². The standard InChI is InChI=1S/C23H21ClN4O2S/c1-13-5-4-6-18(20(13)22(30)25-3)26-21(29)19-11-17-14(2)27-28(23(17)31-19)12-15-7-9-16(24)10-8-15/h4-11H,12H2,1-3H3,(H,25,30)(H,26,29). The number of carbonyl (C=O) groups excluding carboxylic acids is 2. The molecular formula is C23H21ClN4O2S. The Bertz CT molecular complexity index is 1290. The first kappa shape index (κ1) is 21.1. The number of aromatic nitrogens is 2. The molecule has 0 bridgehead atoms.